The maximum atomic E-state index is 9.20. The summed E-state index contributed by atoms with van der Waals surface area (Å²) in [5.74, 6) is 0. The second kappa shape index (κ2) is 8.58. The lowest BCUT2D eigenvalue weighted by molar-refractivity contribution is -0.00461. The van der Waals surface area contributed by atoms with Crippen LogP contribution in [-0.2, 0) is 9.47 Å². The zero-order chi connectivity index (χ0) is 15.0. The molecule has 0 radical (unpaired) electrons. The molecule has 1 N–H and O–H groups in total. The Kier molecular flexibility index (Phi) is 7.46. The Morgan fingerprint density at radius 2 is 1.85 bits per heavy atom. The lowest BCUT2D eigenvalue weighted by Crippen LogP contribution is -2.40. The normalized spacial score (nSPS) is 26.4. The van der Waals surface area contributed by atoms with E-state index in [0.717, 1.165) is 45.4 Å². The van der Waals surface area contributed by atoms with Crippen LogP contribution in [0.2, 0.25) is 0 Å². The molecular formula is C15H29N3O2. The average molecular weight is 283 g/mol. The summed E-state index contributed by atoms with van der Waals surface area (Å²) in [6.45, 7) is 7.79. The quantitative estimate of drug-likeness (QED) is 0.648. The van der Waals surface area contributed by atoms with Gasteiger partial charge >= 0.3 is 0 Å². The van der Waals surface area contributed by atoms with Crippen molar-refractivity contribution in [1.82, 2.24) is 10.2 Å². The Morgan fingerprint density at radius 1 is 1.25 bits per heavy atom. The van der Waals surface area contributed by atoms with Crippen LogP contribution in [0.5, 0.6) is 0 Å². The molecule has 116 valence electrons. The fourth-order valence-corrected chi connectivity index (χ4v) is 2.84. The van der Waals surface area contributed by atoms with E-state index >= 15 is 0 Å². The van der Waals surface area contributed by atoms with Gasteiger partial charge in [0.2, 0.25) is 0 Å². The van der Waals surface area contributed by atoms with E-state index in [4.69, 9.17) is 9.47 Å². The minimum atomic E-state index is -0.385. The fourth-order valence-electron chi connectivity index (χ4n) is 2.84. The van der Waals surface area contributed by atoms with Crippen molar-refractivity contribution < 1.29 is 9.47 Å². The van der Waals surface area contributed by atoms with Gasteiger partial charge in [-0.25, -0.2) is 0 Å². The SMILES string of the molecule is CCNC(C)(C#N)CCCCN1CC(OC)C(OC)C1. The fraction of sp³-hybridized carbons (Fsp3) is 0.933. The van der Waals surface area contributed by atoms with Crippen LogP contribution in [0, 0.1) is 11.3 Å². The van der Waals surface area contributed by atoms with E-state index in [1.165, 1.54) is 0 Å². The van der Waals surface area contributed by atoms with Crippen LogP contribution in [0.25, 0.3) is 0 Å². The lowest BCUT2D eigenvalue weighted by atomic mass is 9.96. The third-order valence-corrected chi connectivity index (χ3v) is 4.11. The van der Waals surface area contributed by atoms with E-state index in [0.29, 0.717) is 0 Å². The van der Waals surface area contributed by atoms with Crippen LogP contribution in [0.3, 0.4) is 0 Å². The maximum absolute atomic E-state index is 9.20. The van der Waals surface area contributed by atoms with Gasteiger partial charge in [0, 0.05) is 27.3 Å². The van der Waals surface area contributed by atoms with Crippen LogP contribution in [0.1, 0.15) is 33.1 Å². The Morgan fingerprint density at radius 3 is 2.30 bits per heavy atom. The first kappa shape index (κ1) is 17.4. The molecule has 0 aliphatic carbocycles. The molecule has 1 aliphatic heterocycles. The van der Waals surface area contributed by atoms with Crippen LogP contribution in [0.4, 0.5) is 0 Å². The highest BCUT2D eigenvalue weighted by Crippen LogP contribution is 2.18. The first-order valence-corrected chi connectivity index (χ1v) is 7.52. The van der Waals surface area contributed by atoms with E-state index < -0.39 is 0 Å². The third kappa shape index (κ3) is 5.02. The largest absolute Gasteiger partial charge is 0.377 e. The molecule has 0 bridgehead atoms. The lowest BCUT2D eigenvalue weighted by Gasteiger charge is -2.23. The van der Waals surface area contributed by atoms with Crippen molar-refractivity contribution in [2.75, 3.05) is 40.4 Å². The zero-order valence-electron chi connectivity index (χ0n) is 13.3. The van der Waals surface area contributed by atoms with Gasteiger partial charge in [-0.15, -0.1) is 0 Å². The van der Waals surface area contributed by atoms with Crippen molar-refractivity contribution in [2.24, 2.45) is 0 Å². The van der Waals surface area contributed by atoms with Gasteiger partial charge in [-0.3, -0.25) is 10.2 Å². The van der Waals surface area contributed by atoms with E-state index in [-0.39, 0.29) is 17.7 Å². The molecule has 0 aromatic carbocycles. The Hall–Kier alpha value is -0.670. The van der Waals surface area contributed by atoms with Crippen LogP contribution >= 0.6 is 0 Å². The predicted molar refractivity (Wildman–Crippen MR) is 79.6 cm³/mol. The van der Waals surface area contributed by atoms with E-state index in [1.54, 1.807) is 14.2 Å². The molecule has 1 aliphatic rings. The monoisotopic (exact) mass is 283 g/mol. The molecule has 0 amide bonds. The highest BCUT2D eigenvalue weighted by Gasteiger charge is 2.32. The molecule has 0 saturated carbocycles. The molecule has 0 spiro atoms. The molecule has 20 heavy (non-hydrogen) atoms. The summed E-state index contributed by atoms with van der Waals surface area (Å²) in [4.78, 5) is 2.39. The summed E-state index contributed by atoms with van der Waals surface area (Å²) >= 11 is 0. The standard InChI is InChI=1S/C15H29N3O2/c1-5-17-15(2,12-16)8-6-7-9-18-10-13(19-3)14(11-18)20-4/h13-14,17H,5-11H2,1-4H3. The number of unbranched alkanes of at least 4 members (excludes halogenated alkanes) is 1. The molecule has 1 saturated heterocycles. The number of ether oxygens (including phenoxy) is 2. The van der Waals surface area contributed by atoms with Crippen LogP contribution < -0.4 is 5.32 Å². The van der Waals surface area contributed by atoms with Crippen molar-refractivity contribution in [1.29, 1.82) is 5.26 Å². The van der Waals surface area contributed by atoms with Gasteiger partial charge in [0.1, 0.15) is 5.54 Å². The predicted octanol–water partition coefficient (Wildman–Crippen LogP) is 1.39. The maximum Gasteiger partial charge on any atom is 0.103 e. The minimum absolute atomic E-state index is 0.186. The summed E-state index contributed by atoms with van der Waals surface area (Å²) in [5, 5.41) is 12.5. The topological polar surface area (TPSA) is 57.5 Å². The molecule has 3 unspecified atom stereocenters. The number of nitriles is 1. The molecule has 0 aromatic heterocycles. The van der Waals surface area contributed by atoms with Gasteiger partial charge in [0.05, 0.1) is 18.3 Å². The molecule has 1 rings (SSSR count). The van der Waals surface area contributed by atoms with Gasteiger partial charge in [-0.05, 0) is 39.3 Å². The minimum Gasteiger partial charge on any atom is -0.377 e. The van der Waals surface area contributed by atoms with Crippen molar-refractivity contribution in [2.45, 2.75) is 50.9 Å². The molecule has 3 atom stereocenters. The number of likely N-dealkylation sites (tertiary alicyclic amines) is 1. The number of nitrogens with zero attached hydrogens (tertiary/aromatic N) is 2. The molecule has 0 aromatic rings. The van der Waals surface area contributed by atoms with Gasteiger partial charge in [-0.1, -0.05) is 6.92 Å². The molecule has 1 heterocycles. The number of rotatable bonds is 9. The van der Waals surface area contributed by atoms with Crippen molar-refractivity contribution in [3.05, 3.63) is 0 Å². The smallest absolute Gasteiger partial charge is 0.103 e. The van der Waals surface area contributed by atoms with Gasteiger partial charge in [0.15, 0.2) is 0 Å². The van der Waals surface area contributed by atoms with Crippen molar-refractivity contribution in [3.63, 3.8) is 0 Å². The second-order valence-electron chi connectivity index (χ2n) is 5.74. The Labute approximate surface area is 123 Å². The zero-order valence-corrected chi connectivity index (χ0v) is 13.3. The average Bonchev–Trinajstić information content (AvgIpc) is 2.86. The summed E-state index contributed by atoms with van der Waals surface area (Å²) in [6.07, 6.45) is 3.43. The molecule has 5 nitrogen and oxygen atoms in total. The first-order valence-electron chi connectivity index (χ1n) is 7.52. The highest BCUT2D eigenvalue weighted by molar-refractivity contribution is 5.03. The van der Waals surface area contributed by atoms with Gasteiger partial charge < -0.3 is 9.47 Å². The summed E-state index contributed by atoms with van der Waals surface area (Å²) in [7, 11) is 3.49. The number of methoxy groups -OCH3 is 2. The second-order valence-corrected chi connectivity index (χ2v) is 5.74. The Bertz CT molecular complexity index is 307. The van der Waals surface area contributed by atoms with Gasteiger partial charge in [0.25, 0.3) is 0 Å². The summed E-state index contributed by atoms with van der Waals surface area (Å²) in [5.41, 5.74) is -0.385. The molecule has 5 heteroatoms. The number of nitrogens with one attached hydrogen (secondary N) is 1. The van der Waals surface area contributed by atoms with E-state index in [9.17, 15) is 5.26 Å². The van der Waals surface area contributed by atoms with Crippen LogP contribution in [-0.4, -0.2) is 63.0 Å². The molecule has 1 fully saturated rings. The molecular weight excluding hydrogens is 254 g/mol. The van der Waals surface area contributed by atoms with E-state index in [1.807, 2.05) is 13.8 Å². The van der Waals surface area contributed by atoms with Crippen molar-refractivity contribution in [3.8, 4) is 6.07 Å². The first-order chi connectivity index (χ1) is 9.58. The van der Waals surface area contributed by atoms with Crippen molar-refractivity contribution >= 4 is 0 Å². The number of hydrogen-bond donors (Lipinski definition) is 1. The van der Waals surface area contributed by atoms with E-state index in [2.05, 4.69) is 16.3 Å². The van der Waals surface area contributed by atoms with Crippen LogP contribution in [0.15, 0.2) is 0 Å². The summed E-state index contributed by atoms with van der Waals surface area (Å²) < 4.78 is 10.9. The third-order valence-electron chi connectivity index (χ3n) is 4.11. The Balaban J connectivity index is 2.24. The summed E-state index contributed by atoms with van der Waals surface area (Å²) in [6, 6.07) is 2.38. The highest BCUT2D eigenvalue weighted by atomic mass is 16.5. The van der Waals surface area contributed by atoms with Gasteiger partial charge in [-0.2, -0.15) is 5.26 Å². The number of hydrogen-bond acceptors (Lipinski definition) is 5.